The highest BCUT2D eigenvalue weighted by atomic mass is 16.5. The number of phenolic OH excluding ortho intramolecular Hbond substituents is 1. The fourth-order valence-corrected chi connectivity index (χ4v) is 2.12. The minimum Gasteiger partial charge on any atom is -0.507 e. The predicted molar refractivity (Wildman–Crippen MR) is 80.1 cm³/mol. The van der Waals surface area contributed by atoms with Gasteiger partial charge in [-0.15, -0.1) is 0 Å². The van der Waals surface area contributed by atoms with Gasteiger partial charge in [-0.25, -0.2) is 4.79 Å². The molecule has 22 heavy (non-hydrogen) atoms. The maximum Gasteiger partial charge on any atom is 0.343 e. The lowest BCUT2D eigenvalue weighted by Crippen LogP contribution is -2.42. The zero-order chi connectivity index (χ0) is 15.9. The molecule has 1 aliphatic rings. The van der Waals surface area contributed by atoms with E-state index in [-0.39, 0.29) is 17.9 Å². The largest absolute Gasteiger partial charge is 0.507 e. The van der Waals surface area contributed by atoms with E-state index in [9.17, 15) is 14.7 Å². The summed E-state index contributed by atoms with van der Waals surface area (Å²) >= 11 is 0. The second kappa shape index (κ2) is 7.61. The number of carbonyl (C=O) groups excluding carboxylic acids is 2. The number of benzene rings is 1. The molecule has 1 saturated heterocycles. The molecule has 0 bridgehead atoms. The summed E-state index contributed by atoms with van der Waals surface area (Å²) < 4.78 is 10.2. The first-order chi connectivity index (χ1) is 10.6. The van der Waals surface area contributed by atoms with Gasteiger partial charge in [-0.2, -0.15) is 0 Å². The zero-order valence-electron chi connectivity index (χ0n) is 12.4. The molecule has 1 heterocycles. The van der Waals surface area contributed by atoms with Crippen LogP contribution >= 0.6 is 0 Å². The van der Waals surface area contributed by atoms with Crippen LogP contribution in [0.15, 0.2) is 29.8 Å². The van der Waals surface area contributed by atoms with Gasteiger partial charge in [0.25, 0.3) is 5.91 Å². The summed E-state index contributed by atoms with van der Waals surface area (Å²) in [6.07, 6.45) is 1.37. The van der Waals surface area contributed by atoms with E-state index in [0.717, 1.165) is 0 Å². The minimum absolute atomic E-state index is 0.000856. The monoisotopic (exact) mass is 305 g/mol. The minimum atomic E-state index is -0.692. The van der Waals surface area contributed by atoms with Crippen LogP contribution in [0.3, 0.4) is 0 Å². The summed E-state index contributed by atoms with van der Waals surface area (Å²) in [5.74, 6) is -1.11. The first kappa shape index (κ1) is 16.0. The van der Waals surface area contributed by atoms with Crippen LogP contribution in [0, 0.1) is 0 Å². The van der Waals surface area contributed by atoms with Crippen molar-refractivity contribution in [2.45, 2.75) is 6.92 Å². The molecular formula is C16H19NO5. The van der Waals surface area contributed by atoms with Crippen molar-refractivity contribution in [3.63, 3.8) is 0 Å². The van der Waals surface area contributed by atoms with Crippen molar-refractivity contribution < 1.29 is 24.2 Å². The molecule has 1 N–H and O–H groups in total. The van der Waals surface area contributed by atoms with Crippen LogP contribution in [0.5, 0.6) is 5.75 Å². The van der Waals surface area contributed by atoms with Crippen molar-refractivity contribution in [3.05, 3.63) is 35.4 Å². The van der Waals surface area contributed by atoms with Crippen molar-refractivity contribution in [1.82, 2.24) is 4.90 Å². The van der Waals surface area contributed by atoms with Crippen molar-refractivity contribution >= 4 is 18.0 Å². The van der Waals surface area contributed by atoms with Crippen LogP contribution in [0.25, 0.3) is 6.08 Å². The number of aromatic hydroxyl groups is 1. The molecule has 0 spiro atoms. The lowest BCUT2D eigenvalue weighted by Gasteiger charge is -2.27. The highest BCUT2D eigenvalue weighted by molar-refractivity contribution is 6.19. The Morgan fingerprint density at radius 3 is 2.64 bits per heavy atom. The molecule has 1 aromatic rings. The summed E-state index contributed by atoms with van der Waals surface area (Å²) in [6.45, 7) is 3.59. The molecule has 1 aromatic carbocycles. The number of morpholine rings is 1. The number of hydrogen-bond donors (Lipinski definition) is 1. The number of phenols is 1. The number of rotatable bonds is 4. The average molecular weight is 305 g/mol. The maximum atomic E-state index is 12.5. The van der Waals surface area contributed by atoms with Gasteiger partial charge in [0.05, 0.1) is 19.8 Å². The number of para-hydroxylation sites is 1. The van der Waals surface area contributed by atoms with Gasteiger partial charge in [0, 0.05) is 18.7 Å². The molecule has 0 unspecified atom stereocenters. The van der Waals surface area contributed by atoms with Gasteiger partial charge in [-0.3, -0.25) is 4.79 Å². The van der Waals surface area contributed by atoms with Gasteiger partial charge >= 0.3 is 5.97 Å². The molecule has 1 aliphatic heterocycles. The maximum absolute atomic E-state index is 12.5. The molecule has 118 valence electrons. The van der Waals surface area contributed by atoms with Gasteiger partial charge in [-0.05, 0) is 19.1 Å². The highest BCUT2D eigenvalue weighted by Crippen LogP contribution is 2.20. The molecule has 0 atom stereocenters. The van der Waals surface area contributed by atoms with E-state index in [4.69, 9.17) is 9.47 Å². The van der Waals surface area contributed by atoms with Crippen molar-refractivity contribution in [3.8, 4) is 5.75 Å². The Kier molecular flexibility index (Phi) is 5.55. The molecule has 6 heteroatoms. The first-order valence-corrected chi connectivity index (χ1v) is 7.17. The first-order valence-electron chi connectivity index (χ1n) is 7.17. The van der Waals surface area contributed by atoms with Crippen LogP contribution in [0.1, 0.15) is 12.5 Å². The third-order valence-electron chi connectivity index (χ3n) is 3.26. The molecule has 1 fully saturated rings. The Morgan fingerprint density at radius 2 is 2.00 bits per heavy atom. The third-order valence-corrected chi connectivity index (χ3v) is 3.26. The second-order valence-electron chi connectivity index (χ2n) is 4.74. The molecule has 0 aliphatic carbocycles. The van der Waals surface area contributed by atoms with Gasteiger partial charge in [0.2, 0.25) is 0 Å². The molecule has 0 radical (unpaired) electrons. The topological polar surface area (TPSA) is 76.1 Å². The summed E-state index contributed by atoms with van der Waals surface area (Å²) in [6, 6.07) is 6.50. The SMILES string of the molecule is CCOC(=O)/C(=C/c1ccccc1O)C(=O)N1CCOCC1. The van der Waals surface area contributed by atoms with Crippen molar-refractivity contribution in [2.24, 2.45) is 0 Å². The molecule has 0 aromatic heterocycles. The molecule has 0 saturated carbocycles. The Balaban J connectivity index is 2.31. The Bertz CT molecular complexity index is 576. The average Bonchev–Trinajstić information content (AvgIpc) is 2.54. The van der Waals surface area contributed by atoms with Gasteiger partial charge < -0.3 is 19.5 Å². The fourth-order valence-electron chi connectivity index (χ4n) is 2.12. The van der Waals surface area contributed by atoms with Gasteiger partial charge in [0.15, 0.2) is 0 Å². The second-order valence-corrected chi connectivity index (χ2v) is 4.74. The summed E-state index contributed by atoms with van der Waals surface area (Å²) in [5, 5.41) is 9.82. The lowest BCUT2D eigenvalue weighted by atomic mass is 10.1. The number of esters is 1. The van der Waals surface area contributed by atoms with E-state index in [1.807, 2.05) is 0 Å². The number of ether oxygens (including phenoxy) is 2. The third kappa shape index (κ3) is 3.85. The van der Waals surface area contributed by atoms with Crippen molar-refractivity contribution in [2.75, 3.05) is 32.9 Å². The summed E-state index contributed by atoms with van der Waals surface area (Å²) in [4.78, 5) is 26.2. The van der Waals surface area contributed by atoms with E-state index in [2.05, 4.69) is 0 Å². The van der Waals surface area contributed by atoms with Gasteiger partial charge in [-0.1, -0.05) is 18.2 Å². The van der Waals surface area contributed by atoms with Crippen LogP contribution in [-0.2, 0) is 19.1 Å². The molecule has 6 nitrogen and oxygen atoms in total. The quantitative estimate of drug-likeness (QED) is 0.391. The lowest BCUT2D eigenvalue weighted by molar-refractivity contribution is -0.143. The Hall–Kier alpha value is -2.34. The molecular weight excluding hydrogens is 286 g/mol. The van der Waals surface area contributed by atoms with E-state index in [1.165, 1.54) is 12.1 Å². The Labute approximate surface area is 128 Å². The van der Waals surface area contributed by atoms with E-state index < -0.39 is 11.9 Å². The van der Waals surface area contributed by atoms with Gasteiger partial charge in [0.1, 0.15) is 11.3 Å². The highest BCUT2D eigenvalue weighted by Gasteiger charge is 2.26. The van der Waals surface area contributed by atoms with Crippen LogP contribution in [0.4, 0.5) is 0 Å². The number of hydrogen-bond acceptors (Lipinski definition) is 5. The Morgan fingerprint density at radius 1 is 1.32 bits per heavy atom. The number of amides is 1. The zero-order valence-corrected chi connectivity index (χ0v) is 12.4. The van der Waals surface area contributed by atoms with Crippen molar-refractivity contribution in [1.29, 1.82) is 0 Å². The summed E-state index contributed by atoms with van der Waals surface area (Å²) in [7, 11) is 0. The van der Waals surface area contributed by atoms with Crippen LogP contribution in [-0.4, -0.2) is 54.8 Å². The van der Waals surface area contributed by atoms with E-state index in [0.29, 0.717) is 31.9 Å². The fraction of sp³-hybridized carbons (Fsp3) is 0.375. The van der Waals surface area contributed by atoms with E-state index >= 15 is 0 Å². The predicted octanol–water partition coefficient (Wildman–Crippen LogP) is 1.20. The number of nitrogens with zero attached hydrogens (tertiary/aromatic N) is 1. The van der Waals surface area contributed by atoms with Crippen LogP contribution in [0.2, 0.25) is 0 Å². The van der Waals surface area contributed by atoms with E-state index in [1.54, 1.807) is 30.0 Å². The summed E-state index contributed by atoms with van der Waals surface area (Å²) in [5.41, 5.74) is 0.303. The number of carbonyl (C=O) groups is 2. The standard InChI is InChI=1S/C16H19NO5/c1-2-22-16(20)13(11-12-5-3-4-6-14(12)18)15(19)17-7-9-21-10-8-17/h3-6,11,18H,2,7-10H2,1H3/b13-11+. The molecule has 2 rings (SSSR count). The van der Waals surface area contributed by atoms with Crippen LogP contribution < -0.4 is 0 Å². The molecule has 1 amide bonds. The smallest absolute Gasteiger partial charge is 0.343 e. The normalized spacial score (nSPS) is 15.5.